The monoisotopic (exact) mass is 380 g/mol. The van der Waals surface area contributed by atoms with Crippen LogP contribution in [0.5, 0.6) is 11.5 Å². The SMILES string of the molecule is O=C(CCc1nnc2ccc(N3CCCC3)nn12)Nc1ccc2c(c1)OCO2. The molecule has 3 aromatic rings. The van der Waals surface area contributed by atoms with E-state index in [0.29, 0.717) is 35.1 Å². The van der Waals surface area contributed by atoms with Crippen molar-refractivity contribution in [2.45, 2.75) is 25.7 Å². The average Bonchev–Trinajstić information content (AvgIpc) is 3.45. The summed E-state index contributed by atoms with van der Waals surface area (Å²) in [7, 11) is 0. The Bertz CT molecular complexity index is 1030. The summed E-state index contributed by atoms with van der Waals surface area (Å²) in [6.45, 7) is 2.25. The number of aromatic nitrogens is 4. The molecule has 5 rings (SSSR count). The van der Waals surface area contributed by atoms with Crippen LogP contribution >= 0.6 is 0 Å². The lowest BCUT2D eigenvalue weighted by Crippen LogP contribution is -2.20. The van der Waals surface area contributed by atoms with Gasteiger partial charge in [-0.2, -0.15) is 4.52 Å². The zero-order valence-electron chi connectivity index (χ0n) is 15.3. The summed E-state index contributed by atoms with van der Waals surface area (Å²) in [4.78, 5) is 14.6. The predicted molar refractivity (Wildman–Crippen MR) is 102 cm³/mol. The van der Waals surface area contributed by atoms with Crippen molar-refractivity contribution in [3.05, 3.63) is 36.2 Å². The first-order chi connectivity index (χ1) is 13.8. The number of amides is 1. The van der Waals surface area contributed by atoms with Gasteiger partial charge in [0.2, 0.25) is 12.7 Å². The second-order valence-electron chi connectivity index (χ2n) is 6.89. The summed E-state index contributed by atoms with van der Waals surface area (Å²) in [5, 5.41) is 15.9. The Kier molecular flexibility index (Phi) is 4.19. The summed E-state index contributed by atoms with van der Waals surface area (Å²) >= 11 is 0. The molecule has 0 radical (unpaired) electrons. The van der Waals surface area contributed by atoms with Gasteiger partial charge < -0.3 is 19.7 Å². The van der Waals surface area contributed by atoms with Crippen LogP contribution in [0.3, 0.4) is 0 Å². The van der Waals surface area contributed by atoms with Crippen LogP contribution in [0, 0.1) is 0 Å². The fraction of sp³-hybridized carbons (Fsp3) is 0.368. The van der Waals surface area contributed by atoms with Gasteiger partial charge in [0.15, 0.2) is 23.0 Å². The van der Waals surface area contributed by atoms with Crippen LogP contribution in [-0.4, -0.2) is 45.6 Å². The molecule has 1 N–H and O–H groups in total. The molecule has 9 heteroatoms. The van der Waals surface area contributed by atoms with Gasteiger partial charge >= 0.3 is 0 Å². The van der Waals surface area contributed by atoms with Crippen molar-refractivity contribution in [2.24, 2.45) is 0 Å². The zero-order chi connectivity index (χ0) is 18.9. The second kappa shape index (κ2) is 6.99. The highest BCUT2D eigenvalue weighted by Crippen LogP contribution is 2.34. The molecule has 1 amide bonds. The standard InChI is InChI=1S/C19H20N6O3/c26-19(20-13-3-4-14-15(11-13)28-12-27-14)8-7-17-22-21-16-5-6-18(23-25(16)17)24-9-1-2-10-24/h3-6,11H,1-2,7-10,12H2,(H,20,26). The Hall–Kier alpha value is -3.36. The highest BCUT2D eigenvalue weighted by molar-refractivity contribution is 5.91. The minimum atomic E-state index is -0.105. The summed E-state index contributed by atoms with van der Waals surface area (Å²) in [5.74, 6) is 2.83. The lowest BCUT2D eigenvalue weighted by atomic mass is 10.2. The average molecular weight is 380 g/mol. The Labute approximate surface area is 161 Å². The number of ether oxygens (including phenoxy) is 2. The van der Waals surface area contributed by atoms with E-state index in [-0.39, 0.29) is 19.1 Å². The maximum absolute atomic E-state index is 12.4. The molecule has 1 fully saturated rings. The number of anilines is 2. The number of carbonyl (C=O) groups excluding carboxylic acids is 1. The maximum Gasteiger partial charge on any atom is 0.231 e. The molecular formula is C19H20N6O3. The number of nitrogens with zero attached hydrogens (tertiary/aromatic N) is 5. The number of rotatable bonds is 5. The summed E-state index contributed by atoms with van der Waals surface area (Å²) < 4.78 is 12.4. The summed E-state index contributed by atoms with van der Waals surface area (Å²) in [6, 6.07) is 9.24. The Morgan fingerprint density at radius 1 is 1.07 bits per heavy atom. The third-order valence-electron chi connectivity index (χ3n) is 4.98. The first-order valence-electron chi connectivity index (χ1n) is 9.42. The lowest BCUT2D eigenvalue weighted by Gasteiger charge is -2.15. The van der Waals surface area contributed by atoms with Crippen molar-refractivity contribution >= 4 is 23.1 Å². The lowest BCUT2D eigenvalue weighted by molar-refractivity contribution is -0.116. The third-order valence-corrected chi connectivity index (χ3v) is 4.98. The van der Waals surface area contributed by atoms with Gasteiger partial charge in [-0.15, -0.1) is 15.3 Å². The molecule has 28 heavy (non-hydrogen) atoms. The predicted octanol–water partition coefficient (Wildman–Crippen LogP) is 2.02. The molecule has 2 aliphatic heterocycles. The first-order valence-corrected chi connectivity index (χ1v) is 9.42. The smallest absolute Gasteiger partial charge is 0.231 e. The van der Waals surface area contributed by atoms with Crippen molar-refractivity contribution < 1.29 is 14.3 Å². The molecule has 0 bridgehead atoms. The number of aryl methyl sites for hydroxylation is 1. The molecule has 0 unspecified atom stereocenters. The van der Waals surface area contributed by atoms with Crippen LogP contribution in [0.1, 0.15) is 25.1 Å². The molecule has 144 valence electrons. The minimum Gasteiger partial charge on any atom is -0.454 e. The molecule has 9 nitrogen and oxygen atoms in total. The number of nitrogens with one attached hydrogen (secondary N) is 1. The Morgan fingerprint density at radius 3 is 2.82 bits per heavy atom. The topological polar surface area (TPSA) is 93.9 Å². The minimum absolute atomic E-state index is 0.105. The van der Waals surface area contributed by atoms with E-state index in [1.54, 1.807) is 22.7 Å². The number of carbonyl (C=O) groups is 1. The third kappa shape index (κ3) is 3.19. The largest absolute Gasteiger partial charge is 0.454 e. The molecule has 0 atom stereocenters. The van der Waals surface area contributed by atoms with Gasteiger partial charge in [0.1, 0.15) is 5.82 Å². The number of benzene rings is 1. The molecule has 1 aromatic carbocycles. The first kappa shape index (κ1) is 16.8. The van der Waals surface area contributed by atoms with Crippen LogP contribution in [-0.2, 0) is 11.2 Å². The van der Waals surface area contributed by atoms with E-state index in [1.807, 2.05) is 12.1 Å². The Morgan fingerprint density at radius 2 is 1.93 bits per heavy atom. The molecule has 0 saturated carbocycles. The molecule has 0 spiro atoms. The zero-order valence-corrected chi connectivity index (χ0v) is 15.3. The molecule has 2 aliphatic rings. The van der Waals surface area contributed by atoms with Crippen molar-refractivity contribution in [3.8, 4) is 11.5 Å². The van der Waals surface area contributed by atoms with Crippen LogP contribution in [0.15, 0.2) is 30.3 Å². The van der Waals surface area contributed by atoms with E-state index in [0.717, 1.165) is 18.9 Å². The molecule has 0 aliphatic carbocycles. The van der Waals surface area contributed by atoms with Crippen LogP contribution in [0.2, 0.25) is 0 Å². The highest BCUT2D eigenvalue weighted by atomic mass is 16.7. The van der Waals surface area contributed by atoms with Gasteiger partial charge in [-0.1, -0.05) is 0 Å². The normalized spacial score (nSPS) is 15.4. The van der Waals surface area contributed by atoms with Gasteiger partial charge in [-0.05, 0) is 37.1 Å². The maximum atomic E-state index is 12.4. The van der Waals surface area contributed by atoms with Crippen molar-refractivity contribution in [3.63, 3.8) is 0 Å². The van der Waals surface area contributed by atoms with E-state index >= 15 is 0 Å². The van der Waals surface area contributed by atoms with Crippen molar-refractivity contribution in [1.29, 1.82) is 0 Å². The Balaban J connectivity index is 1.26. The molecule has 1 saturated heterocycles. The van der Waals surface area contributed by atoms with E-state index in [2.05, 4.69) is 25.5 Å². The van der Waals surface area contributed by atoms with E-state index in [9.17, 15) is 4.79 Å². The summed E-state index contributed by atoms with van der Waals surface area (Å²) in [5.41, 5.74) is 1.36. The van der Waals surface area contributed by atoms with E-state index < -0.39 is 0 Å². The molecule has 4 heterocycles. The van der Waals surface area contributed by atoms with Crippen LogP contribution in [0.25, 0.3) is 5.65 Å². The number of hydrogen-bond acceptors (Lipinski definition) is 7. The van der Waals surface area contributed by atoms with Gasteiger partial charge in [-0.25, -0.2) is 0 Å². The fourth-order valence-corrected chi connectivity index (χ4v) is 3.52. The second-order valence-corrected chi connectivity index (χ2v) is 6.89. The molecule has 2 aromatic heterocycles. The molecular weight excluding hydrogens is 360 g/mol. The highest BCUT2D eigenvalue weighted by Gasteiger charge is 2.17. The van der Waals surface area contributed by atoms with Gasteiger partial charge in [0, 0.05) is 37.7 Å². The van der Waals surface area contributed by atoms with Gasteiger partial charge in [0.05, 0.1) is 0 Å². The van der Waals surface area contributed by atoms with Crippen LogP contribution in [0.4, 0.5) is 11.5 Å². The van der Waals surface area contributed by atoms with Gasteiger partial charge in [0.25, 0.3) is 0 Å². The quantitative estimate of drug-likeness (QED) is 0.724. The van der Waals surface area contributed by atoms with Crippen molar-refractivity contribution in [2.75, 3.05) is 30.1 Å². The van der Waals surface area contributed by atoms with E-state index in [4.69, 9.17) is 9.47 Å². The number of hydrogen-bond donors (Lipinski definition) is 1. The number of fused-ring (bicyclic) bond motifs is 2. The van der Waals surface area contributed by atoms with Crippen molar-refractivity contribution in [1.82, 2.24) is 19.8 Å². The van der Waals surface area contributed by atoms with Gasteiger partial charge in [-0.3, -0.25) is 4.79 Å². The van der Waals surface area contributed by atoms with Crippen LogP contribution < -0.4 is 19.7 Å². The fourth-order valence-electron chi connectivity index (χ4n) is 3.52. The summed E-state index contributed by atoms with van der Waals surface area (Å²) in [6.07, 6.45) is 3.11. The van der Waals surface area contributed by atoms with E-state index in [1.165, 1.54) is 12.8 Å².